The SMILES string of the molecule is O=C(CCc1nc(-c2ccco2)no1)NC(c1ccccc1)c1ccco1. The van der Waals surface area contributed by atoms with Crippen LogP contribution in [0, 0.1) is 0 Å². The second kappa shape index (κ2) is 7.74. The van der Waals surface area contributed by atoms with Gasteiger partial charge in [-0.15, -0.1) is 0 Å². The van der Waals surface area contributed by atoms with Crippen molar-refractivity contribution in [1.29, 1.82) is 0 Å². The van der Waals surface area contributed by atoms with E-state index in [-0.39, 0.29) is 18.4 Å². The van der Waals surface area contributed by atoms with Crippen molar-refractivity contribution >= 4 is 5.91 Å². The molecule has 1 amide bonds. The number of carbonyl (C=O) groups is 1. The lowest BCUT2D eigenvalue weighted by molar-refractivity contribution is -0.121. The predicted octanol–water partition coefficient (Wildman–Crippen LogP) is 3.76. The molecule has 0 saturated carbocycles. The molecule has 4 aromatic rings. The third-order valence-corrected chi connectivity index (χ3v) is 4.04. The molecule has 0 aliphatic carbocycles. The number of hydrogen-bond donors (Lipinski definition) is 1. The second-order valence-corrected chi connectivity index (χ2v) is 5.92. The Morgan fingerprint density at radius 2 is 1.81 bits per heavy atom. The molecule has 136 valence electrons. The highest BCUT2D eigenvalue weighted by Gasteiger charge is 2.20. The van der Waals surface area contributed by atoms with E-state index in [9.17, 15) is 4.79 Å². The summed E-state index contributed by atoms with van der Waals surface area (Å²) in [6.45, 7) is 0. The van der Waals surface area contributed by atoms with Gasteiger partial charge in [-0.05, 0) is 29.8 Å². The highest BCUT2D eigenvalue weighted by atomic mass is 16.5. The van der Waals surface area contributed by atoms with Crippen molar-refractivity contribution in [3.8, 4) is 11.6 Å². The minimum atomic E-state index is -0.352. The van der Waals surface area contributed by atoms with Crippen molar-refractivity contribution in [2.45, 2.75) is 18.9 Å². The average Bonchev–Trinajstić information content (AvgIpc) is 3.47. The minimum Gasteiger partial charge on any atom is -0.467 e. The fourth-order valence-corrected chi connectivity index (χ4v) is 2.74. The van der Waals surface area contributed by atoms with Gasteiger partial charge >= 0.3 is 0 Å². The van der Waals surface area contributed by atoms with Crippen LogP contribution in [0.4, 0.5) is 0 Å². The third-order valence-electron chi connectivity index (χ3n) is 4.04. The number of carbonyl (C=O) groups excluding carboxylic acids is 1. The molecule has 7 heteroatoms. The third kappa shape index (κ3) is 3.98. The molecule has 0 bridgehead atoms. The lowest BCUT2D eigenvalue weighted by atomic mass is 10.0. The van der Waals surface area contributed by atoms with Crippen LogP contribution in [0.5, 0.6) is 0 Å². The monoisotopic (exact) mass is 363 g/mol. The van der Waals surface area contributed by atoms with Gasteiger partial charge in [0.1, 0.15) is 11.8 Å². The maximum Gasteiger partial charge on any atom is 0.238 e. The summed E-state index contributed by atoms with van der Waals surface area (Å²) < 4.78 is 15.9. The van der Waals surface area contributed by atoms with Gasteiger partial charge in [-0.25, -0.2) is 0 Å². The van der Waals surface area contributed by atoms with Gasteiger partial charge in [0.25, 0.3) is 0 Å². The molecule has 0 fully saturated rings. The van der Waals surface area contributed by atoms with E-state index in [1.807, 2.05) is 36.4 Å². The first-order chi connectivity index (χ1) is 13.3. The molecular weight excluding hydrogens is 346 g/mol. The molecule has 0 aliphatic rings. The molecule has 0 aliphatic heterocycles. The standard InChI is InChI=1S/C20H17N3O4/c24-17(10-11-18-22-20(23-27-18)16-9-5-13-26-16)21-19(15-8-4-12-25-15)14-6-2-1-3-7-14/h1-9,12-13,19H,10-11H2,(H,21,24). The van der Waals surface area contributed by atoms with E-state index in [1.165, 1.54) is 6.26 Å². The highest BCUT2D eigenvalue weighted by molar-refractivity contribution is 5.77. The first kappa shape index (κ1) is 16.8. The zero-order valence-electron chi connectivity index (χ0n) is 14.4. The maximum atomic E-state index is 12.5. The molecule has 1 atom stereocenters. The van der Waals surface area contributed by atoms with Crippen molar-refractivity contribution in [3.05, 3.63) is 84.3 Å². The number of nitrogens with one attached hydrogen (secondary N) is 1. The van der Waals surface area contributed by atoms with Gasteiger partial charge in [-0.3, -0.25) is 4.79 Å². The van der Waals surface area contributed by atoms with Crippen molar-refractivity contribution in [2.24, 2.45) is 0 Å². The van der Waals surface area contributed by atoms with Crippen LogP contribution in [0.3, 0.4) is 0 Å². The summed E-state index contributed by atoms with van der Waals surface area (Å²) in [4.78, 5) is 16.7. The highest BCUT2D eigenvalue weighted by Crippen LogP contribution is 2.22. The van der Waals surface area contributed by atoms with Crippen LogP contribution in [0.25, 0.3) is 11.6 Å². The smallest absolute Gasteiger partial charge is 0.238 e. The normalized spacial score (nSPS) is 12.0. The van der Waals surface area contributed by atoms with E-state index in [4.69, 9.17) is 13.4 Å². The van der Waals surface area contributed by atoms with Crippen LogP contribution in [0.2, 0.25) is 0 Å². The van der Waals surface area contributed by atoms with Crippen LogP contribution in [-0.2, 0) is 11.2 Å². The fraction of sp³-hybridized carbons (Fsp3) is 0.150. The first-order valence-electron chi connectivity index (χ1n) is 8.54. The number of nitrogens with zero attached hydrogens (tertiary/aromatic N) is 2. The van der Waals surface area contributed by atoms with E-state index in [1.54, 1.807) is 24.5 Å². The predicted molar refractivity (Wildman–Crippen MR) is 95.5 cm³/mol. The number of furan rings is 2. The van der Waals surface area contributed by atoms with Crippen LogP contribution in [-0.4, -0.2) is 16.0 Å². The lowest BCUT2D eigenvalue weighted by Crippen LogP contribution is -2.29. The van der Waals surface area contributed by atoms with Crippen molar-refractivity contribution in [3.63, 3.8) is 0 Å². The van der Waals surface area contributed by atoms with Crippen LogP contribution in [0.1, 0.15) is 29.7 Å². The molecule has 7 nitrogen and oxygen atoms in total. The second-order valence-electron chi connectivity index (χ2n) is 5.92. The Labute approximate surface area is 155 Å². The van der Waals surface area contributed by atoms with Crippen molar-refractivity contribution in [1.82, 2.24) is 15.5 Å². The van der Waals surface area contributed by atoms with E-state index < -0.39 is 0 Å². The molecule has 3 heterocycles. The molecule has 1 aromatic carbocycles. The summed E-state index contributed by atoms with van der Waals surface area (Å²) in [6, 6.07) is 16.4. The molecular formula is C20H17N3O4. The molecule has 0 saturated heterocycles. The first-order valence-corrected chi connectivity index (χ1v) is 8.54. The van der Waals surface area contributed by atoms with Gasteiger partial charge < -0.3 is 18.7 Å². The number of aryl methyl sites for hydroxylation is 1. The Balaban J connectivity index is 1.40. The summed E-state index contributed by atoms with van der Waals surface area (Å²) in [5.74, 6) is 1.81. The Hall–Kier alpha value is -3.61. The summed E-state index contributed by atoms with van der Waals surface area (Å²) in [6.07, 6.45) is 3.67. The fourth-order valence-electron chi connectivity index (χ4n) is 2.74. The molecule has 0 spiro atoms. The number of rotatable bonds is 7. The van der Waals surface area contributed by atoms with E-state index in [0.29, 0.717) is 29.7 Å². The largest absolute Gasteiger partial charge is 0.467 e. The summed E-state index contributed by atoms with van der Waals surface area (Å²) in [7, 11) is 0. The number of hydrogen-bond acceptors (Lipinski definition) is 6. The zero-order chi connectivity index (χ0) is 18.5. The minimum absolute atomic E-state index is 0.141. The van der Waals surface area contributed by atoms with E-state index >= 15 is 0 Å². The average molecular weight is 363 g/mol. The van der Waals surface area contributed by atoms with E-state index in [2.05, 4.69) is 15.5 Å². The lowest BCUT2D eigenvalue weighted by Gasteiger charge is -2.17. The number of amides is 1. The molecule has 27 heavy (non-hydrogen) atoms. The quantitative estimate of drug-likeness (QED) is 0.537. The van der Waals surface area contributed by atoms with Crippen molar-refractivity contribution < 1.29 is 18.2 Å². The Morgan fingerprint density at radius 3 is 2.56 bits per heavy atom. The number of benzene rings is 1. The van der Waals surface area contributed by atoms with Gasteiger partial charge in [0.15, 0.2) is 5.76 Å². The molecule has 1 N–H and O–H groups in total. The van der Waals surface area contributed by atoms with E-state index in [0.717, 1.165) is 5.56 Å². The van der Waals surface area contributed by atoms with Crippen LogP contribution < -0.4 is 5.32 Å². The van der Waals surface area contributed by atoms with Crippen LogP contribution >= 0.6 is 0 Å². The molecule has 1 unspecified atom stereocenters. The Morgan fingerprint density at radius 1 is 1.00 bits per heavy atom. The zero-order valence-corrected chi connectivity index (χ0v) is 14.4. The summed E-state index contributed by atoms with van der Waals surface area (Å²) >= 11 is 0. The molecule has 4 rings (SSSR count). The Bertz CT molecular complexity index is 976. The molecule has 3 aromatic heterocycles. The maximum absolute atomic E-state index is 12.5. The van der Waals surface area contributed by atoms with Gasteiger partial charge in [-0.2, -0.15) is 4.98 Å². The summed E-state index contributed by atoms with van der Waals surface area (Å²) in [5, 5.41) is 6.86. The van der Waals surface area contributed by atoms with Gasteiger partial charge in [0.05, 0.1) is 12.5 Å². The topological polar surface area (TPSA) is 94.3 Å². The Kier molecular flexibility index (Phi) is 4.82. The van der Waals surface area contributed by atoms with Gasteiger partial charge in [0.2, 0.25) is 17.6 Å². The van der Waals surface area contributed by atoms with Gasteiger partial charge in [-0.1, -0.05) is 35.5 Å². The van der Waals surface area contributed by atoms with Crippen LogP contribution in [0.15, 0.2) is 80.5 Å². The number of aromatic nitrogens is 2. The summed E-state index contributed by atoms with van der Waals surface area (Å²) in [5.41, 5.74) is 0.943. The molecule has 0 radical (unpaired) electrons. The van der Waals surface area contributed by atoms with Crippen molar-refractivity contribution in [2.75, 3.05) is 0 Å². The van der Waals surface area contributed by atoms with Gasteiger partial charge in [0, 0.05) is 12.8 Å².